The van der Waals surface area contributed by atoms with Crippen LogP contribution in [0.4, 0.5) is 0 Å². The predicted molar refractivity (Wildman–Crippen MR) is 75.7 cm³/mol. The number of benzene rings is 1. The Morgan fingerprint density at radius 1 is 1.33 bits per heavy atom. The molecule has 0 aromatic heterocycles. The third-order valence-corrected chi connectivity index (χ3v) is 3.96. The monoisotopic (exact) mass is 262 g/mol. The predicted octanol–water partition coefficient (Wildman–Crippen LogP) is 1.81. The average Bonchev–Trinajstić information content (AvgIpc) is 2.33. The van der Waals surface area contributed by atoms with Crippen LogP contribution in [0.2, 0.25) is 0 Å². The molecule has 1 aliphatic rings. The van der Waals surface area contributed by atoms with Gasteiger partial charge in [0.2, 0.25) is 5.91 Å². The van der Waals surface area contributed by atoms with Crippen LogP contribution in [-0.4, -0.2) is 31.3 Å². The van der Waals surface area contributed by atoms with Crippen LogP contribution < -0.4 is 10.6 Å². The lowest BCUT2D eigenvalue weighted by molar-refractivity contribution is -0.117. The Kier molecular flexibility index (Phi) is 4.84. The zero-order valence-electron chi connectivity index (χ0n) is 10.5. The second kappa shape index (κ2) is 6.61. The van der Waals surface area contributed by atoms with Crippen molar-refractivity contribution < 1.29 is 4.79 Å². The van der Waals surface area contributed by atoms with E-state index < -0.39 is 0 Å². The molecule has 0 unspecified atom stereocenters. The highest BCUT2D eigenvalue weighted by Gasteiger charge is 2.15. The molecule has 1 aromatic rings. The molecule has 1 aliphatic heterocycles. The fraction of sp³-hybridized carbons (Fsp3) is 0.357. The van der Waals surface area contributed by atoms with Gasteiger partial charge in [-0.1, -0.05) is 18.2 Å². The van der Waals surface area contributed by atoms with Gasteiger partial charge in [-0.3, -0.25) is 4.79 Å². The molecule has 0 atom stereocenters. The van der Waals surface area contributed by atoms with E-state index in [2.05, 4.69) is 22.8 Å². The second-order valence-electron chi connectivity index (χ2n) is 4.25. The summed E-state index contributed by atoms with van der Waals surface area (Å²) in [6.45, 7) is 4.32. The number of hydrogen-bond donors (Lipinski definition) is 2. The van der Waals surface area contributed by atoms with Gasteiger partial charge in [0.05, 0.1) is 0 Å². The van der Waals surface area contributed by atoms with E-state index in [1.807, 2.05) is 25.1 Å². The minimum atomic E-state index is 0.0696. The first kappa shape index (κ1) is 13.2. The van der Waals surface area contributed by atoms with Crippen LogP contribution in [0.5, 0.6) is 0 Å². The molecule has 18 heavy (non-hydrogen) atoms. The van der Waals surface area contributed by atoms with E-state index in [0.717, 1.165) is 24.4 Å². The van der Waals surface area contributed by atoms with Gasteiger partial charge in [-0.2, -0.15) is 0 Å². The molecular formula is C14H18N2OS. The summed E-state index contributed by atoms with van der Waals surface area (Å²) in [5.41, 5.74) is 2.10. The quantitative estimate of drug-likeness (QED) is 0.483. The smallest absolute Gasteiger partial charge is 0.246 e. The maximum absolute atomic E-state index is 11.8. The van der Waals surface area contributed by atoms with Crippen LogP contribution in [0.3, 0.4) is 0 Å². The largest absolute Gasteiger partial charge is 0.351 e. The molecule has 0 aliphatic carbocycles. The average molecular weight is 262 g/mol. The van der Waals surface area contributed by atoms with Crippen LogP contribution >= 0.6 is 11.8 Å². The SMILES string of the molecule is CC(C(=O)NCCSc1ccccc1)=C1CNC1. The highest BCUT2D eigenvalue weighted by Crippen LogP contribution is 2.16. The summed E-state index contributed by atoms with van der Waals surface area (Å²) in [6.07, 6.45) is 0. The van der Waals surface area contributed by atoms with Crippen molar-refractivity contribution in [3.8, 4) is 0 Å². The van der Waals surface area contributed by atoms with Crippen molar-refractivity contribution in [3.63, 3.8) is 0 Å². The van der Waals surface area contributed by atoms with Crippen LogP contribution in [0.15, 0.2) is 46.4 Å². The van der Waals surface area contributed by atoms with Crippen molar-refractivity contribution in [3.05, 3.63) is 41.5 Å². The number of thioether (sulfide) groups is 1. The fourth-order valence-corrected chi connectivity index (χ4v) is 2.45. The zero-order valence-corrected chi connectivity index (χ0v) is 11.3. The third-order valence-electron chi connectivity index (χ3n) is 2.95. The first-order chi connectivity index (χ1) is 8.77. The normalized spacial score (nSPS) is 13.9. The highest BCUT2D eigenvalue weighted by molar-refractivity contribution is 7.99. The van der Waals surface area contributed by atoms with E-state index in [1.165, 1.54) is 10.5 Å². The van der Waals surface area contributed by atoms with Crippen LogP contribution in [0, 0.1) is 0 Å². The summed E-state index contributed by atoms with van der Waals surface area (Å²) in [5.74, 6) is 0.969. The van der Waals surface area contributed by atoms with Crippen LogP contribution in [0.1, 0.15) is 6.92 Å². The fourth-order valence-electron chi connectivity index (χ4n) is 1.66. The van der Waals surface area contributed by atoms with Gasteiger partial charge in [0.25, 0.3) is 0 Å². The van der Waals surface area contributed by atoms with E-state index in [9.17, 15) is 4.79 Å². The molecule has 4 heteroatoms. The Morgan fingerprint density at radius 3 is 2.67 bits per heavy atom. The molecule has 2 N–H and O–H groups in total. The molecule has 0 saturated carbocycles. The molecule has 96 valence electrons. The van der Waals surface area contributed by atoms with Gasteiger partial charge in [0.15, 0.2) is 0 Å². The topological polar surface area (TPSA) is 41.1 Å². The molecule has 1 saturated heterocycles. The lowest BCUT2D eigenvalue weighted by atomic mass is 10.0. The summed E-state index contributed by atoms with van der Waals surface area (Å²) in [5, 5.41) is 6.10. The third kappa shape index (κ3) is 3.62. The van der Waals surface area contributed by atoms with Gasteiger partial charge in [0.1, 0.15) is 0 Å². The molecule has 1 amide bonds. The van der Waals surface area contributed by atoms with Gasteiger partial charge >= 0.3 is 0 Å². The molecule has 0 spiro atoms. The molecule has 2 rings (SSSR count). The van der Waals surface area contributed by atoms with Gasteiger partial charge in [-0.25, -0.2) is 0 Å². The Morgan fingerprint density at radius 2 is 2.06 bits per heavy atom. The lowest BCUT2D eigenvalue weighted by Crippen LogP contribution is -2.38. The van der Waals surface area contributed by atoms with Crippen molar-refractivity contribution >= 4 is 17.7 Å². The minimum absolute atomic E-state index is 0.0696. The minimum Gasteiger partial charge on any atom is -0.351 e. The van der Waals surface area contributed by atoms with Gasteiger partial charge < -0.3 is 10.6 Å². The molecule has 1 fully saturated rings. The lowest BCUT2D eigenvalue weighted by Gasteiger charge is -2.21. The van der Waals surface area contributed by atoms with Crippen molar-refractivity contribution in [1.82, 2.24) is 10.6 Å². The van der Waals surface area contributed by atoms with Crippen molar-refractivity contribution in [2.24, 2.45) is 0 Å². The van der Waals surface area contributed by atoms with Gasteiger partial charge in [-0.15, -0.1) is 11.8 Å². The van der Waals surface area contributed by atoms with Crippen molar-refractivity contribution in [2.45, 2.75) is 11.8 Å². The Balaban J connectivity index is 1.68. The Bertz CT molecular complexity index is 436. The summed E-state index contributed by atoms with van der Waals surface area (Å²) < 4.78 is 0. The van der Waals surface area contributed by atoms with Crippen LogP contribution in [0.25, 0.3) is 0 Å². The molecule has 0 radical (unpaired) electrons. The van der Waals surface area contributed by atoms with E-state index in [1.54, 1.807) is 11.8 Å². The summed E-state index contributed by atoms with van der Waals surface area (Å²) in [4.78, 5) is 13.0. The number of rotatable bonds is 5. The number of hydrogen-bond acceptors (Lipinski definition) is 3. The zero-order chi connectivity index (χ0) is 12.8. The molecule has 1 aromatic carbocycles. The van der Waals surface area contributed by atoms with Gasteiger partial charge in [0, 0.05) is 35.9 Å². The van der Waals surface area contributed by atoms with E-state index in [-0.39, 0.29) is 5.91 Å². The van der Waals surface area contributed by atoms with E-state index in [0.29, 0.717) is 6.54 Å². The summed E-state index contributed by atoms with van der Waals surface area (Å²) >= 11 is 1.76. The maximum atomic E-state index is 11.8. The molecule has 1 heterocycles. The number of amides is 1. The first-order valence-electron chi connectivity index (χ1n) is 6.13. The van der Waals surface area contributed by atoms with Crippen molar-refractivity contribution in [1.29, 1.82) is 0 Å². The highest BCUT2D eigenvalue weighted by atomic mass is 32.2. The number of carbonyl (C=O) groups is 1. The van der Waals surface area contributed by atoms with E-state index in [4.69, 9.17) is 0 Å². The molecule has 3 nitrogen and oxygen atoms in total. The standard InChI is InChI=1S/C14H18N2OS/c1-11(12-9-15-10-12)14(17)16-7-8-18-13-5-3-2-4-6-13/h2-6,15H,7-10H2,1H3,(H,16,17). The van der Waals surface area contributed by atoms with Crippen LogP contribution in [-0.2, 0) is 4.79 Å². The molecule has 0 bridgehead atoms. The summed E-state index contributed by atoms with van der Waals surface area (Å²) in [7, 11) is 0. The Labute approximate surface area is 112 Å². The first-order valence-corrected chi connectivity index (χ1v) is 7.11. The van der Waals surface area contributed by atoms with Gasteiger partial charge in [-0.05, 0) is 24.6 Å². The van der Waals surface area contributed by atoms with Crippen molar-refractivity contribution in [2.75, 3.05) is 25.4 Å². The molecular weight excluding hydrogens is 244 g/mol. The second-order valence-corrected chi connectivity index (χ2v) is 5.42. The number of carbonyl (C=O) groups excluding carboxylic acids is 1. The van der Waals surface area contributed by atoms with E-state index >= 15 is 0 Å². The number of nitrogens with one attached hydrogen (secondary N) is 2. The summed E-state index contributed by atoms with van der Waals surface area (Å²) in [6, 6.07) is 10.2. The maximum Gasteiger partial charge on any atom is 0.246 e. The Hall–Kier alpha value is -1.26.